The van der Waals surface area contributed by atoms with E-state index in [-0.39, 0.29) is 0 Å². The normalized spacial score (nSPS) is 34.2. The Labute approximate surface area is 190 Å². The number of fused-ring (bicyclic) bond motifs is 1. The van der Waals surface area contributed by atoms with Gasteiger partial charge in [-0.25, -0.2) is 0 Å². The van der Waals surface area contributed by atoms with Crippen LogP contribution >= 0.6 is 0 Å². The maximum Gasteiger partial charge on any atom is 0.0279 e. The van der Waals surface area contributed by atoms with Gasteiger partial charge in [0.15, 0.2) is 0 Å². The van der Waals surface area contributed by atoms with Gasteiger partial charge >= 0.3 is 0 Å². The third-order valence-corrected chi connectivity index (χ3v) is 8.15. The minimum absolute atomic E-state index is 0.343. The van der Waals surface area contributed by atoms with Crippen molar-refractivity contribution < 1.29 is 0 Å². The molecule has 3 aliphatic carbocycles. The van der Waals surface area contributed by atoms with Gasteiger partial charge in [-0.05, 0) is 73.0 Å². The van der Waals surface area contributed by atoms with E-state index in [1.807, 2.05) is 6.08 Å². The number of hydrogen-bond donors (Lipinski definition) is 2. The highest BCUT2D eigenvalue weighted by Gasteiger charge is 2.59. The number of hydrogen-bond acceptors (Lipinski definition) is 2. The molecule has 2 heteroatoms. The van der Waals surface area contributed by atoms with Crippen LogP contribution < -0.4 is 11.5 Å². The standard InChI is InChI=1S/C29H42N2/c1-8-9-23(11-10-20(4)30)15-27(25-13-12-24(31)14-18(2)21(25)5)26-16-28-22(6)29(28,7)17-19(26)3/h9-14,16,18-19,22,27-28H,4,8,15,17,30-31H2,1-3,5-7H3/b11-10-,23-9+/t18-,19?,22?,27?,28+,29+/m0/s1. The van der Waals surface area contributed by atoms with Crippen LogP contribution in [0.2, 0.25) is 0 Å². The van der Waals surface area contributed by atoms with E-state index in [1.165, 1.54) is 23.1 Å². The predicted octanol–water partition coefficient (Wildman–Crippen LogP) is 6.96. The van der Waals surface area contributed by atoms with Crippen molar-refractivity contribution >= 4 is 0 Å². The molecule has 0 heterocycles. The molecule has 4 N–H and O–H groups in total. The monoisotopic (exact) mass is 418 g/mol. The Hall–Kier alpha value is -2.22. The van der Waals surface area contributed by atoms with Crippen LogP contribution in [0.3, 0.4) is 0 Å². The van der Waals surface area contributed by atoms with Crippen LogP contribution in [-0.2, 0) is 0 Å². The van der Waals surface area contributed by atoms with Crippen molar-refractivity contribution in [1.82, 2.24) is 0 Å². The van der Waals surface area contributed by atoms with Crippen molar-refractivity contribution in [3.8, 4) is 0 Å². The second-order valence-corrected chi connectivity index (χ2v) is 10.4. The summed E-state index contributed by atoms with van der Waals surface area (Å²) in [5.41, 5.74) is 19.8. The van der Waals surface area contributed by atoms with E-state index in [2.05, 4.69) is 84.6 Å². The van der Waals surface area contributed by atoms with Gasteiger partial charge in [-0.15, -0.1) is 0 Å². The summed E-state index contributed by atoms with van der Waals surface area (Å²) in [6.45, 7) is 17.9. The average molecular weight is 419 g/mol. The molecule has 3 aliphatic rings. The Morgan fingerprint density at radius 1 is 1.23 bits per heavy atom. The highest BCUT2D eigenvalue weighted by atomic mass is 14.6. The first-order chi connectivity index (χ1) is 14.6. The van der Waals surface area contributed by atoms with Crippen molar-refractivity contribution in [3.63, 3.8) is 0 Å². The van der Waals surface area contributed by atoms with Crippen molar-refractivity contribution in [3.05, 3.63) is 82.8 Å². The van der Waals surface area contributed by atoms with Crippen molar-refractivity contribution in [2.75, 3.05) is 0 Å². The molecule has 0 amide bonds. The summed E-state index contributed by atoms with van der Waals surface area (Å²) in [7, 11) is 0. The van der Waals surface area contributed by atoms with Crippen molar-refractivity contribution in [1.29, 1.82) is 0 Å². The molecule has 0 aromatic rings. The Bertz CT molecular complexity index is 907. The summed E-state index contributed by atoms with van der Waals surface area (Å²) >= 11 is 0. The molecular weight excluding hydrogens is 376 g/mol. The molecule has 31 heavy (non-hydrogen) atoms. The molecule has 1 fully saturated rings. The summed E-state index contributed by atoms with van der Waals surface area (Å²) in [6, 6.07) is 0. The number of allylic oxidation sites excluding steroid dienone is 11. The van der Waals surface area contributed by atoms with Gasteiger partial charge in [-0.1, -0.05) is 88.3 Å². The van der Waals surface area contributed by atoms with Crippen LogP contribution in [-0.4, -0.2) is 0 Å². The SMILES string of the molecule is C=C(N)/C=C\C(=C/CC)CC(C1=C[C@@H]2C(C)[C@@]2(C)CC1C)C1=C(C)[C@@H](C)C=C(N)C=C1. The van der Waals surface area contributed by atoms with E-state index < -0.39 is 0 Å². The fourth-order valence-corrected chi connectivity index (χ4v) is 5.88. The van der Waals surface area contributed by atoms with E-state index in [1.54, 1.807) is 5.57 Å². The van der Waals surface area contributed by atoms with E-state index >= 15 is 0 Å². The minimum Gasteiger partial charge on any atom is -0.399 e. The topological polar surface area (TPSA) is 52.0 Å². The maximum atomic E-state index is 6.24. The zero-order valence-electron chi connectivity index (χ0n) is 20.4. The largest absolute Gasteiger partial charge is 0.399 e. The lowest BCUT2D eigenvalue weighted by atomic mass is 9.71. The lowest BCUT2D eigenvalue weighted by Crippen LogP contribution is -2.21. The fourth-order valence-electron chi connectivity index (χ4n) is 5.88. The molecule has 1 saturated carbocycles. The second kappa shape index (κ2) is 9.10. The Morgan fingerprint density at radius 3 is 2.58 bits per heavy atom. The third kappa shape index (κ3) is 4.84. The lowest BCUT2D eigenvalue weighted by molar-refractivity contribution is 0.362. The van der Waals surface area contributed by atoms with Crippen molar-refractivity contribution in [2.45, 2.75) is 60.8 Å². The van der Waals surface area contributed by atoms with Gasteiger partial charge in [0.1, 0.15) is 0 Å². The fraction of sp³-hybridized carbons (Fsp3) is 0.517. The van der Waals surface area contributed by atoms with Gasteiger partial charge < -0.3 is 11.5 Å². The predicted molar refractivity (Wildman–Crippen MR) is 135 cm³/mol. The minimum atomic E-state index is 0.343. The van der Waals surface area contributed by atoms with E-state index in [4.69, 9.17) is 11.5 Å². The van der Waals surface area contributed by atoms with Crippen LogP contribution in [0.25, 0.3) is 0 Å². The van der Waals surface area contributed by atoms with Gasteiger partial charge in [-0.2, -0.15) is 0 Å². The molecule has 0 spiro atoms. The molecule has 0 saturated heterocycles. The molecule has 0 aliphatic heterocycles. The molecule has 0 aromatic heterocycles. The Kier molecular flexibility index (Phi) is 6.88. The van der Waals surface area contributed by atoms with Gasteiger partial charge in [0.25, 0.3) is 0 Å². The first-order valence-electron chi connectivity index (χ1n) is 12.0. The molecule has 0 radical (unpaired) electrons. The Balaban J connectivity index is 2.07. The lowest BCUT2D eigenvalue weighted by Gasteiger charge is -2.33. The van der Waals surface area contributed by atoms with E-state index in [0.29, 0.717) is 28.9 Å². The molecule has 3 rings (SSSR count). The van der Waals surface area contributed by atoms with Gasteiger partial charge in [0, 0.05) is 17.3 Å². The van der Waals surface area contributed by atoms with E-state index in [9.17, 15) is 0 Å². The zero-order chi connectivity index (χ0) is 22.9. The third-order valence-electron chi connectivity index (χ3n) is 8.15. The molecule has 2 nitrogen and oxygen atoms in total. The van der Waals surface area contributed by atoms with Gasteiger partial charge in [-0.3, -0.25) is 0 Å². The summed E-state index contributed by atoms with van der Waals surface area (Å²) in [5.74, 6) is 2.80. The smallest absolute Gasteiger partial charge is 0.0279 e. The quantitative estimate of drug-likeness (QED) is 0.347. The van der Waals surface area contributed by atoms with Gasteiger partial charge in [0.05, 0.1) is 0 Å². The highest BCUT2D eigenvalue weighted by Crippen LogP contribution is 2.66. The van der Waals surface area contributed by atoms with E-state index in [0.717, 1.165) is 30.4 Å². The second-order valence-electron chi connectivity index (χ2n) is 10.4. The highest BCUT2D eigenvalue weighted by molar-refractivity contribution is 5.45. The van der Waals surface area contributed by atoms with Gasteiger partial charge in [0.2, 0.25) is 0 Å². The summed E-state index contributed by atoms with van der Waals surface area (Å²) < 4.78 is 0. The zero-order valence-corrected chi connectivity index (χ0v) is 20.4. The maximum absolute atomic E-state index is 6.24. The van der Waals surface area contributed by atoms with Crippen LogP contribution in [0.4, 0.5) is 0 Å². The molecule has 0 bridgehead atoms. The van der Waals surface area contributed by atoms with Crippen LogP contribution in [0.5, 0.6) is 0 Å². The average Bonchev–Trinajstić information content (AvgIpc) is 3.26. The summed E-state index contributed by atoms with van der Waals surface area (Å²) in [6.07, 6.45) is 18.9. The van der Waals surface area contributed by atoms with Crippen LogP contribution in [0, 0.1) is 35.0 Å². The molecule has 168 valence electrons. The summed E-state index contributed by atoms with van der Waals surface area (Å²) in [4.78, 5) is 0. The first kappa shape index (κ1) is 23.4. The van der Waals surface area contributed by atoms with Crippen molar-refractivity contribution in [2.24, 2.45) is 46.5 Å². The molecule has 6 atom stereocenters. The van der Waals surface area contributed by atoms with Crippen LogP contribution in [0.15, 0.2) is 82.8 Å². The number of rotatable bonds is 7. The number of nitrogens with two attached hydrogens (primary N) is 2. The summed E-state index contributed by atoms with van der Waals surface area (Å²) in [5, 5.41) is 0. The first-order valence-corrected chi connectivity index (χ1v) is 12.0. The molecular formula is C29H42N2. The Morgan fingerprint density at radius 2 is 1.94 bits per heavy atom. The molecule has 0 aromatic carbocycles. The molecule has 3 unspecified atom stereocenters. The van der Waals surface area contributed by atoms with Crippen LogP contribution in [0.1, 0.15) is 60.8 Å².